The van der Waals surface area contributed by atoms with Gasteiger partial charge in [0.2, 0.25) is 5.91 Å². The fourth-order valence-corrected chi connectivity index (χ4v) is 4.49. The number of nitrogens with one attached hydrogen (secondary N) is 2. The van der Waals surface area contributed by atoms with Gasteiger partial charge in [-0.15, -0.1) is 11.8 Å². The van der Waals surface area contributed by atoms with E-state index in [1.54, 1.807) is 12.1 Å². The molecule has 0 aliphatic rings. The highest BCUT2D eigenvalue weighted by Crippen LogP contribution is 2.36. The van der Waals surface area contributed by atoms with Gasteiger partial charge in [-0.1, -0.05) is 46.3 Å². The molecule has 170 valence electrons. The third-order valence-corrected chi connectivity index (χ3v) is 6.72. The molecule has 4 nitrogen and oxygen atoms in total. The Labute approximate surface area is 209 Å². The van der Waals surface area contributed by atoms with Gasteiger partial charge in [-0.3, -0.25) is 9.59 Å². The quantitative estimate of drug-likeness (QED) is 0.244. The van der Waals surface area contributed by atoms with E-state index < -0.39 is 11.1 Å². The second-order valence-corrected chi connectivity index (χ2v) is 9.48. The molecule has 0 fully saturated rings. The summed E-state index contributed by atoms with van der Waals surface area (Å²) in [6.45, 7) is 0. The maximum Gasteiger partial charge on any atom is 0.255 e. The molecule has 1 atom stereocenters. The van der Waals surface area contributed by atoms with Crippen molar-refractivity contribution in [1.29, 1.82) is 0 Å². The monoisotopic (exact) mass is 534 g/mol. The maximum atomic E-state index is 13.2. The van der Waals surface area contributed by atoms with E-state index in [0.29, 0.717) is 16.9 Å². The van der Waals surface area contributed by atoms with Gasteiger partial charge in [0, 0.05) is 26.3 Å². The predicted octanol–water partition coefficient (Wildman–Crippen LogP) is 7.31. The lowest BCUT2D eigenvalue weighted by atomic mass is 10.1. The first-order valence-electron chi connectivity index (χ1n) is 10.4. The van der Waals surface area contributed by atoms with Crippen molar-refractivity contribution < 1.29 is 14.0 Å². The van der Waals surface area contributed by atoms with Gasteiger partial charge in [0.25, 0.3) is 5.91 Å². The summed E-state index contributed by atoms with van der Waals surface area (Å²) in [5.41, 5.74) is 2.58. The van der Waals surface area contributed by atoms with Crippen molar-refractivity contribution in [2.75, 3.05) is 10.6 Å². The zero-order chi connectivity index (χ0) is 23.9. The van der Waals surface area contributed by atoms with Gasteiger partial charge in [-0.2, -0.15) is 0 Å². The summed E-state index contributed by atoms with van der Waals surface area (Å²) in [7, 11) is 0. The first-order chi connectivity index (χ1) is 16.5. The molecule has 0 aromatic heterocycles. The number of carbonyl (C=O) groups excluding carboxylic acids is 2. The average molecular weight is 535 g/mol. The maximum absolute atomic E-state index is 13.2. The third kappa shape index (κ3) is 6.34. The van der Waals surface area contributed by atoms with Crippen molar-refractivity contribution in [3.05, 3.63) is 125 Å². The Morgan fingerprint density at radius 2 is 1.32 bits per heavy atom. The molecule has 2 amide bonds. The van der Waals surface area contributed by atoms with Gasteiger partial charge >= 0.3 is 0 Å². The Balaban J connectivity index is 1.47. The van der Waals surface area contributed by atoms with Crippen molar-refractivity contribution in [1.82, 2.24) is 0 Å². The fourth-order valence-electron chi connectivity index (χ4n) is 3.20. The third-order valence-electron chi connectivity index (χ3n) is 4.92. The molecule has 0 heterocycles. The van der Waals surface area contributed by atoms with Crippen LogP contribution in [0.3, 0.4) is 0 Å². The molecular weight excluding hydrogens is 515 g/mol. The van der Waals surface area contributed by atoms with Crippen LogP contribution < -0.4 is 10.6 Å². The number of amides is 2. The number of hydrogen-bond acceptors (Lipinski definition) is 3. The zero-order valence-electron chi connectivity index (χ0n) is 17.9. The van der Waals surface area contributed by atoms with Crippen LogP contribution in [0.2, 0.25) is 0 Å². The molecule has 2 N–H and O–H groups in total. The summed E-state index contributed by atoms with van der Waals surface area (Å²) in [6.07, 6.45) is 0. The first-order valence-corrected chi connectivity index (χ1v) is 12.1. The number of thioether (sulfide) groups is 1. The van der Waals surface area contributed by atoms with Crippen LogP contribution in [0.5, 0.6) is 0 Å². The van der Waals surface area contributed by atoms with Crippen molar-refractivity contribution in [3.63, 3.8) is 0 Å². The molecule has 0 aliphatic heterocycles. The highest BCUT2D eigenvalue weighted by Gasteiger charge is 2.22. The van der Waals surface area contributed by atoms with Gasteiger partial charge in [-0.25, -0.2) is 4.39 Å². The van der Waals surface area contributed by atoms with Crippen LogP contribution in [0.25, 0.3) is 0 Å². The number of carbonyl (C=O) groups is 2. The zero-order valence-corrected chi connectivity index (χ0v) is 20.3. The van der Waals surface area contributed by atoms with E-state index in [0.717, 1.165) is 14.9 Å². The Bertz CT molecular complexity index is 1270. The van der Waals surface area contributed by atoms with E-state index in [-0.39, 0.29) is 11.8 Å². The Hall–Kier alpha value is -3.42. The molecule has 7 heteroatoms. The standard InChI is InChI=1S/C27H20BrFN2O2S/c28-20-8-12-22(13-9-20)31-27(33)25(18-4-2-1-3-5-18)34-24-16-14-23(15-17-24)30-26(32)19-6-10-21(29)11-7-19/h1-17,25H,(H,30,32)(H,31,33). The number of benzene rings is 4. The lowest BCUT2D eigenvalue weighted by Crippen LogP contribution is -2.19. The van der Waals surface area contributed by atoms with E-state index in [2.05, 4.69) is 26.6 Å². The summed E-state index contributed by atoms with van der Waals surface area (Å²) < 4.78 is 14.0. The van der Waals surface area contributed by atoms with Crippen molar-refractivity contribution in [2.45, 2.75) is 10.1 Å². The number of anilines is 2. The van der Waals surface area contributed by atoms with Crippen molar-refractivity contribution >= 4 is 50.9 Å². The van der Waals surface area contributed by atoms with Gasteiger partial charge in [0.05, 0.1) is 0 Å². The van der Waals surface area contributed by atoms with E-state index in [1.165, 1.54) is 36.0 Å². The van der Waals surface area contributed by atoms with Crippen LogP contribution in [0.15, 0.2) is 112 Å². The van der Waals surface area contributed by atoms with E-state index in [1.807, 2.05) is 66.7 Å². The SMILES string of the molecule is O=C(Nc1ccc(SC(C(=O)Nc2ccc(Br)cc2)c2ccccc2)cc1)c1ccc(F)cc1. The normalized spacial score (nSPS) is 11.5. The van der Waals surface area contributed by atoms with Gasteiger partial charge < -0.3 is 10.6 Å². The summed E-state index contributed by atoms with van der Waals surface area (Å²) in [4.78, 5) is 26.4. The van der Waals surface area contributed by atoms with Crippen LogP contribution in [-0.4, -0.2) is 11.8 Å². The molecule has 0 bridgehead atoms. The van der Waals surface area contributed by atoms with Crippen LogP contribution in [0.4, 0.5) is 15.8 Å². The average Bonchev–Trinajstić information content (AvgIpc) is 2.86. The largest absolute Gasteiger partial charge is 0.325 e. The summed E-state index contributed by atoms with van der Waals surface area (Å²) >= 11 is 4.82. The molecule has 0 spiro atoms. The fraction of sp³-hybridized carbons (Fsp3) is 0.0370. The van der Waals surface area contributed by atoms with E-state index >= 15 is 0 Å². The Morgan fingerprint density at radius 3 is 1.97 bits per heavy atom. The second-order valence-electron chi connectivity index (χ2n) is 7.39. The highest BCUT2D eigenvalue weighted by atomic mass is 79.9. The molecule has 4 aromatic rings. The number of hydrogen-bond donors (Lipinski definition) is 2. The van der Waals surface area contributed by atoms with Gasteiger partial charge in [0.1, 0.15) is 11.1 Å². The summed E-state index contributed by atoms with van der Waals surface area (Å²) in [6, 6.07) is 29.6. The molecule has 0 aliphatic carbocycles. The minimum atomic E-state index is -0.468. The Kier molecular flexibility index (Phi) is 7.77. The van der Waals surface area contributed by atoms with Crippen LogP contribution in [0, 0.1) is 5.82 Å². The second kappa shape index (κ2) is 11.1. The molecular formula is C27H20BrFN2O2S. The van der Waals surface area contributed by atoms with Crippen LogP contribution >= 0.6 is 27.7 Å². The van der Waals surface area contributed by atoms with Crippen molar-refractivity contribution in [3.8, 4) is 0 Å². The molecule has 0 saturated carbocycles. The number of halogens is 2. The lowest BCUT2D eigenvalue weighted by molar-refractivity contribution is -0.115. The molecule has 4 aromatic carbocycles. The molecule has 0 saturated heterocycles. The van der Waals surface area contributed by atoms with Crippen LogP contribution in [-0.2, 0) is 4.79 Å². The Morgan fingerprint density at radius 1 is 0.735 bits per heavy atom. The lowest BCUT2D eigenvalue weighted by Gasteiger charge is -2.17. The minimum Gasteiger partial charge on any atom is -0.325 e. The smallest absolute Gasteiger partial charge is 0.255 e. The predicted molar refractivity (Wildman–Crippen MR) is 139 cm³/mol. The van der Waals surface area contributed by atoms with Gasteiger partial charge in [0.15, 0.2) is 0 Å². The molecule has 0 radical (unpaired) electrons. The van der Waals surface area contributed by atoms with Gasteiger partial charge in [-0.05, 0) is 78.4 Å². The summed E-state index contributed by atoms with van der Waals surface area (Å²) in [5, 5.41) is 5.31. The first kappa shape index (κ1) is 23.7. The topological polar surface area (TPSA) is 58.2 Å². The minimum absolute atomic E-state index is 0.132. The number of rotatable bonds is 7. The van der Waals surface area contributed by atoms with Crippen LogP contribution in [0.1, 0.15) is 21.2 Å². The molecule has 34 heavy (non-hydrogen) atoms. The molecule has 4 rings (SSSR count). The summed E-state index contributed by atoms with van der Waals surface area (Å²) in [5.74, 6) is -0.848. The van der Waals surface area contributed by atoms with Crippen molar-refractivity contribution in [2.24, 2.45) is 0 Å². The highest BCUT2D eigenvalue weighted by molar-refractivity contribution is 9.10. The molecule has 1 unspecified atom stereocenters. The van der Waals surface area contributed by atoms with E-state index in [4.69, 9.17) is 0 Å². The van der Waals surface area contributed by atoms with E-state index in [9.17, 15) is 14.0 Å².